The number of benzene rings is 1. The van der Waals surface area contributed by atoms with Gasteiger partial charge < -0.3 is 14.8 Å². The van der Waals surface area contributed by atoms with Gasteiger partial charge in [0.1, 0.15) is 11.7 Å². The molecule has 164 valence electrons. The van der Waals surface area contributed by atoms with Crippen molar-refractivity contribution in [1.29, 1.82) is 0 Å². The molecule has 1 fully saturated rings. The van der Waals surface area contributed by atoms with Gasteiger partial charge in [-0.2, -0.15) is 0 Å². The highest BCUT2D eigenvalue weighted by Gasteiger charge is 2.27. The summed E-state index contributed by atoms with van der Waals surface area (Å²) in [6, 6.07) is 11.2. The Hall–Kier alpha value is -2.55. The largest absolute Gasteiger partial charge is 0.444 e. The fourth-order valence-electron chi connectivity index (χ4n) is 2.93. The zero-order valence-corrected chi connectivity index (χ0v) is 19.2. The van der Waals surface area contributed by atoms with Crippen LogP contribution in [0.5, 0.6) is 0 Å². The number of amides is 1. The minimum Gasteiger partial charge on any atom is -0.444 e. The Morgan fingerprint density at radius 1 is 1.29 bits per heavy atom. The molecule has 1 heterocycles. The van der Waals surface area contributed by atoms with E-state index < -0.39 is 23.8 Å². The molecule has 2 atom stereocenters. The van der Waals surface area contributed by atoms with Crippen molar-refractivity contribution in [3.05, 3.63) is 64.4 Å². The maximum Gasteiger partial charge on any atom is 0.407 e. The lowest BCUT2D eigenvalue weighted by atomic mass is 10.1. The van der Waals surface area contributed by atoms with Gasteiger partial charge in [0.15, 0.2) is 0 Å². The highest BCUT2D eigenvalue weighted by atomic mass is 35.5. The van der Waals surface area contributed by atoms with Gasteiger partial charge >= 0.3 is 6.09 Å². The molecule has 1 aromatic heterocycles. The van der Waals surface area contributed by atoms with Crippen molar-refractivity contribution in [2.24, 2.45) is 5.92 Å². The highest BCUT2D eigenvalue weighted by molar-refractivity contribution is 6.31. The summed E-state index contributed by atoms with van der Waals surface area (Å²) in [4.78, 5) is 16.9. The first-order valence-corrected chi connectivity index (χ1v) is 10.9. The zero-order chi connectivity index (χ0) is 22.4. The van der Waals surface area contributed by atoms with Gasteiger partial charge in [-0.15, -0.1) is 0 Å². The second kappa shape index (κ2) is 10.2. The van der Waals surface area contributed by atoms with Crippen LogP contribution in [0.3, 0.4) is 0 Å². The minimum absolute atomic E-state index is 0.354. The predicted octanol–water partition coefficient (Wildman–Crippen LogP) is 5.67. The summed E-state index contributed by atoms with van der Waals surface area (Å²) < 4.78 is 11.6. The topological polar surface area (TPSA) is 60.5 Å². The van der Waals surface area contributed by atoms with Crippen LogP contribution < -0.4 is 5.32 Å². The van der Waals surface area contributed by atoms with Gasteiger partial charge in [-0.05, 0) is 52.2 Å². The molecule has 2 unspecified atom stereocenters. The average molecular weight is 441 g/mol. The van der Waals surface area contributed by atoms with E-state index in [2.05, 4.69) is 22.1 Å². The summed E-state index contributed by atoms with van der Waals surface area (Å²) >= 11 is 6.57. The number of rotatable bonds is 6. The number of nitrogens with one attached hydrogen (secondary N) is 1. The SMILES string of the molecule is CC(NC(=O)OC(C)(C)C)C(OCc1ccccc1)c1ncc(C#CC2CC2)cc1Cl. The zero-order valence-electron chi connectivity index (χ0n) is 18.4. The van der Waals surface area contributed by atoms with Crippen molar-refractivity contribution in [3.63, 3.8) is 0 Å². The molecule has 1 amide bonds. The fourth-order valence-corrected chi connectivity index (χ4v) is 3.20. The highest BCUT2D eigenvalue weighted by Crippen LogP contribution is 2.30. The molecule has 3 rings (SSSR count). The first-order valence-electron chi connectivity index (χ1n) is 10.5. The van der Waals surface area contributed by atoms with Gasteiger partial charge in [0, 0.05) is 17.7 Å². The number of hydrogen-bond acceptors (Lipinski definition) is 4. The van der Waals surface area contributed by atoms with Gasteiger partial charge in [0.2, 0.25) is 0 Å². The van der Waals surface area contributed by atoms with Crippen LogP contribution in [-0.2, 0) is 16.1 Å². The molecule has 1 N–H and O–H groups in total. The number of nitrogens with zero attached hydrogens (tertiary/aromatic N) is 1. The van der Waals surface area contributed by atoms with Crippen molar-refractivity contribution in [3.8, 4) is 11.8 Å². The van der Waals surface area contributed by atoms with E-state index in [1.54, 1.807) is 12.3 Å². The number of halogens is 1. The average Bonchev–Trinajstić information content (AvgIpc) is 3.51. The van der Waals surface area contributed by atoms with Crippen LogP contribution in [0.25, 0.3) is 0 Å². The second-order valence-electron chi connectivity index (χ2n) is 8.79. The normalized spacial score (nSPS) is 15.4. The number of hydrogen-bond donors (Lipinski definition) is 1. The van der Waals surface area contributed by atoms with Crippen molar-refractivity contribution in [2.45, 2.75) is 64.9 Å². The molecule has 0 bridgehead atoms. The monoisotopic (exact) mass is 440 g/mol. The van der Waals surface area contributed by atoms with Gasteiger partial charge in [0.25, 0.3) is 0 Å². The van der Waals surface area contributed by atoms with Gasteiger partial charge in [0.05, 0.1) is 23.4 Å². The van der Waals surface area contributed by atoms with Crippen LogP contribution >= 0.6 is 11.6 Å². The summed E-state index contributed by atoms with van der Waals surface area (Å²) in [5.74, 6) is 6.84. The van der Waals surface area contributed by atoms with E-state index in [4.69, 9.17) is 21.1 Å². The predicted molar refractivity (Wildman–Crippen MR) is 122 cm³/mol. The molecule has 1 saturated carbocycles. The van der Waals surface area contributed by atoms with Crippen LogP contribution in [0.4, 0.5) is 4.79 Å². The lowest BCUT2D eigenvalue weighted by molar-refractivity contribution is 0.00605. The maximum absolute atomic E-state index is 12.3. The Labute approximate surface area is 189 Å². The number of carbonyl (C=O) groups excluding carboxylic acids is 1. The molecular formula is C25H29ClN2O3. The first-order chi connectivity index (χ1) is 14.7. The summed E-state index contributed by atoms with van der Waals surface area (Å²) in [6.45, 7) is 7.66. The van der Waals surface area contributed by atoms with Crippen molar-refractivity contribution >= 4 is 17.7 Å². The molecule has 1 aliphatic rings. The number of aromatic nitrogens is 1. The quantitative estimate of drug-likeness (QED) is 0.588. The standard InChI is InChI=1S/C25H29ClN2O3/c1-17(28-24(29)31-25(2,3)4)23(30-16-19-8-6-5-7-9-19)22-21(26)14-20(15-27-22)13-12-18-10-11-18/h5-9,14-15,17-18,23H,10-11,16H2,1-4H3,(H,28,29). The van der Waals surface area contributed by atoms with Crippen LogP contribution in [-0.4, -0.2) is 22.7 Å². The first kappa shape index (κ1) is 23.1. The van der Waals surface area contributed by atoms with E-state index in [1.165, 1.54) is 0 Å². The summed E-state index contributed by atoms with van der Waals surface area (Å²) in [7, 11) is 0. The third-order valence-corrected chi connectivity index (χ3v) is 4.91. The van der Waals surface area contributed by atoms with Gasteiger partial charge in [-0.25, -0.2) is 4.79 Å². The molecule has 0 radical (unpaired) electrons. The Morgan fingerprint density at radius 3 is 2.61 bits per heavy atom. The lowest BCUT2D eigenvalue weighted by Crippen LogP contribution is -2.41. The Bertz CT molecular complexity index is 956. The van der Waals surface area contributed by atoms with Crippen molar-refractivity contribution < 1.29 is 14.3 Å². The third kappa shape index (κ3) is 7.57. The molecule has 6 heteroatoms. The Kier molecular flexibility index (Phi) is 7.59. The van der Waals surface area contributed by atoms with Crippen LogP contribution in [0, 0.1) is 17.8 Å². The van der Waals surface area contributed by atoms with Gasteiger partial charge in [-0.1, -0.05) is 53.8 Å². The van der Waals surface area contributed by atoms with E-state index >= 15 is 0 Å². The smallest absolute Gasteiger partial charge is 0.407 e. The number of carbonyl (C=O) groups is 1. The molecule has 0 aliphatic heterocycles. The molecule has 1 aliphatic carbocycles. The summed E-state index contributed by atoms with van der Waals surface area (Å²) in [5.41, 5.74) is 1.75. The lowest BCUT2D eigenvalue weighted by Gasteiger charge is -2.27. The minimum atomic E-state index is -0.595. The molecule has 0 saturated heterocycles. The molecule has 31 heavy (non-hydrogen) atoms. The number of alkyl carbamates (subject to hydrolysis) is 1. The van der Waals surface area contributed by atoms with E-state index in [1.807, 2.05) is 58.0 Å². The second-order valence-corrected chi connectivity index (χ2v) is 9.19. The fraction of sp³-hybridized carbons (Fsp3) is 0.440. The van der Waals surface area contributed by atoms with Crippen molar-refractivity contribution in [1.82, 2.24) is 10.3 Å². The molecule has 2 aromatic rings. The van der Waals surface area contributed by atoms with Gasteiger partial charge in [-0.3, -0.25) is 4.98 Å². The third-order valence-electron chi connectivity index (χ3n) is 4.61. The van der Waals surface area contributed by atoms with E-state index in [9.17, 15) is 4.79 Å². The molecule has 5 nitrogen and oxygen atoms in total. The molecular weight excluding hydrogens is 412 g/mol. The van der Waals surface area contributed by atoms with E-state index in [0.717, 1.165) is 24.0 Å². The number of ether oxygens (including phenoxy) is 2. The van der Waals surface area contributed by atoms with E-state index in [0.29, 0.717) is 23.2 Å². The molecule has 0 spiro atoms. The van der Waals surface area contributed by atoms with E-state index in [-0.39, 0.29) is 0 Å². The Balaban J connectivity index is 1.78. The van der Waals surface area contributed by atoms with Crippen LogP contribution in [0.1, 0.15) is 63.5 Å². The maximum atomic E-state index is 12.3. The van der Waals surface area contributed by atoms with Crippen LogP contribution in [0.2, 0.25) is 5.02 Å². The van der Waals surface area contributed by atoms with Crippen LogP contribution in [0.15, 0.2) is 42.6 Å². The Morgan fingerprint density at radius 2 is 2.00 bits per heavy atom. The van der Waals surface area contributed by atoms with Crippen molar-refractivity contribution in [2.75, 3.05) is 0 Å². The summed E-state index contributed by atoms with van der Waals surface area (Å²) in [5, 5.41) is 3.31. The summed E-state index contributed by atoms with van der Waals surface area (Å²) in [6.07, 6.45) is 2.95. The molecule has 1 aromatic carbocycles. The number of pyridine rings is 1.